The van der Waals surface area contributed by atoms with Gasteiger partial charge >= 0.3 is 6.09 Å². The highest BCUT2D eigenvalue weighted by molar-refractivity contribution is 14.1. The van der Waals surface area contributed by atoms with Crippen molar-refractivity contribution in [1.82, 2.24) is 10.2 Å². The summed E-state index contributed by atoms with van der Waals surface area (Å²) in [6, 6.07) is 29.8. The second-order valence-corrected chi connectivity index (χ2v) is 16.7. The van der Waals surface area contributed by atoms with Crippen LogP contribution >= 0.6 is 22.6 Å². The number of ether oxygens (including phenoxy) is 1. The molecule has 1 aliphatic heterocycles. The first-order valence-corrected chi connectivity index (χ1v) is 16.5. The summed E-state index contributed by atoms with van der Waals surface area (Å²) in [4.78, 5) is 39.6. The van der Waals surface area contributed by atoms with Crippen LogP contribution < -0.4 is 15.7 Å². The number of carbonyl (C=O) groups excluding carboxylic acids is 3. The number of amides is 3. The van der Waals surface area contributed by atoms with E-state index in [0.717, 1.165) is 20.8 Å². The number of nitrogens with zero attached hydrogens (tertiary/aromatic N) is 1. The van der Waals surface area contributed by atoms with Crippen LogP contribution in [-0.2, 0) is 25.4 Å². The summed E-state index contributed by atoms with van der Waals surface area (Å²) in [5, 5.41) is 4.79. The minimum absolute atomic E-state index is 0.0752. The van der Waals surface area contributed by atoms with Gasteiger partial charge < -0.3 is 9.16 Å². The van der Waals surface area contributed by atoms with E-state index in [9.17, 15) is 14.4 Å². The number of halogens is 1. The molecule has 3 aromatic rings. The minimum Gasteiger partial charge on any atom is -0.445 e. The number of rotatable bonds is 10. The van der Waals surface area contributed by atoms with Crippen molar-refractivity contribution in [2.45, 2.75) is 55.3 Å². The summed E-state index contributed by atoms with van der Waals surface area (Å²) in [6.45, 7) is 6.84. The average Bonchev–Trinajstić information content (AvgIpc) is 3.29. The molecule has 0 bridgehead atoms. The van der Waals surface area contributed by atoms with Gasteiger partial charge in [0.2, 0.25) is 11.8 Å². The number of carbonyl (C=O) groups is 3. The highest BCUT2D eigenvalue weighted by Gasteiger charge is 2.51. The van der Waals surface area contributed by atoms with Gasteiger partial charge in [0.05, 0.1) is 10.5 Å². The number of alkyl halides is 1. The van der Waals surface area contributed by atoms with Crippen LogP contribution in [-0.4, -0.2) is 47.8 Å². The van der Waals surface area contributed by atoms with Gasteiger partial charge in [-0.1, -0.05) is 134 Å². The van der Waals surface area contributed by atoms with E-state index >= 15 is 0 Å². The molecular weight excluding hydrogens is 635 g/mol. The van der Waals surface area contributed by atoms with Crippen molar-refractivity contribution >= 4 is 59.2 Å². The summed E-state index contributed by atoms with van der Waals surface area (Å²) in [5.74, 6) is -0.629. The third-order valence-electron chi connectivity index (χ3n) is 7.07. The van der Waals surface area contributed by atoms with Crippen LogP contribution in [0.2, 0.25) is 5.04 Å². The summed E-state index contributed by atoms with van der Waals surface area (Å²) in [6.07, 6.45) is -1.37. The van der Waals surface area contributed by atoms with E-state index < -0.39 is 24.5 Å². The van der Waals surface area contributed by atoms with E-state index in [2.05, 4.69) is 72.9 Å². The fraction of sp³-hybridized carbons (Fsp3) is 0.323. The van der Waals surface area contributed by atoms with Gasteiger partial charge in [-0.25, -0.2) is 4.79 Å². The van der Waals surface area contributed by atoms with Crippen molar-refractivity contribution in [1.29, 1.82) is 0 Å². The lowest BCUT2D eigenvalue weighted by atomic mass is 10.2. The molecule has 0 saturated carbocycles. The highest BCUT2D eigenvalue weighted by atomic mass is 127. The second kappa shape index (κ2) is 13.1. The van der Waals surface area contributed by atoms with Crippen molar-refractivity contribution in [3.05, 3.63) is 96.6 Å². The molecule has 210 valence electrons. The van der Waals surface area contributed by atoms with Gasteiger partial charge in [-0.15, -0.1) is 0 Å². The van der Waals surface area contributed by atoms with Gasteiger partial charge in [-0.05, 0) is 21.0 Å². The summed E-state index contributed by atoms with van der Waals surface area (Å²) in [7, 11) is -2.87. The van der Waals surface area contributed by atoms with Crippen molar-refractivity contribution in [3.63, 3.8) is 0 Å². The fourth-order valence-corrected chi connectivity index (χ4v) is 10.8. The van der Waals surface area contributed by atoms with E-state index in [1.165, 1.54) is 0 Å². The molecule has 2 atom stereocenters. The maximum absolute atomic E-state index is 12.9. The van der Waals surface area contributed by atoms with Crippen LogP contribution in [0.25, 0.3) is 0 Å². The van der Waals surface area contributed by atoms with Crippen molar-refractivity contribution in [2.24, 2.45) is 0 Å². The normalized spacial score (nSPS) is 15.6. The van der Waals surface area contributed by atoms with E-state index in [1.807, 2.05) is 66.7 Å². The summed E-state index contributed by atoms with van der Waals surface area (Å²) < 4.78 is 12.0. The number of hydrogen-bond donors (Lipinski definition) is 1. The zero-order valence-corrected chi connectivity index (χ0v) is 26.2. The molecule has 40 heavy (non-hydrogen) atoms. The van der Waals surface area contributed by atoms with Gasteiger partial charge in [0.25, 0.3) is 8.32 Å². The van der Waals surface area contributed by atoms with Crippen LogP contribution in [0.4, 0.5) is 4.79 Å². The zero-order valence-electron chi connectivity index (χ0n) is 23.0. The molecule has 0 radical (unpaired) electrons. The SMILES string of the molecule is CC(C)(C)[Si](OC[C@H](I)[C@H](NC(=O)OCc1ccccc1)N1C(=O)CCC1=O)(c1ccccc1)c1ccccc1. The molecule has 4 rings (SSSR count). The molecule has 9 heteroatoms. The summed E-state index contributed by atoms with van der Waals surface area (Å²) in [5.41, 5.74) is 0.837. The molecule has 1 saturated heterocycles. The van der Waals surface area contributed by atoms with E-state index in [1.54, 1.807) is 0 Å². The predicted molar refractivity (Wildman–Crippen MR) is 166 cm³/mol. The molecule has 0 unspecified atom stereocenters. The Bertz CT molecular complexity index is 1250. The Balaban J connectivity index is 1.61. The average molecular weight is 671 g/mol. The standard InChI is InChI=1S/C31H35IN2O5Si/c1-31(2,3)40(24-15-9-5-10-16-24,25-17-11-6-12-18-25)39-22-26(32)29(34-27(35)19-20-28(34)36)33-30(37)38-21-23-13-7-4-8-14-23/h4-18,26,29H,19-22H2,1-3H3,(H,33,37)/t26-,29+/m0/s1. The Morgan fingerprint density at radius 3 is 1.82 bits per heavy atom. The molecule has 3 aromatic carbocycles. The lowest BCUT2D eigenvalue weighted by Crippen LogP contribution is -2.67. The second-order valence-electron chi connectivity index (χ2n) is 10.8. The van der Waals surface area contributed by atoms with Gasteiger partial charge in [-0.3, -0.25) is 19.8 Å². The molecule has 1 heterocycles. The third kappa shape index (κ3) is 6.64. The number of nitrogens with one attached hydrogen (secondary N) is 1. The van der Waals surface area contributed by atoms with Crippen LogP contribution in [0.3, 0.4) is 0 Å². The third-order valence-corrected chi connectivity index (χ3v) is 13.1. The minimum atomic E-state index is -2.87. The smallest absolute Gasteiger partial charge is 0.409 e. The molecule has 7 nitrogen and oxygen atoms in total. The van der Waals surface area contributed by atoms with E-state index in [0.29, 0.717) is 0 Å². The predicted octanol–water partition coefficient (Wildman–Crippen LogP) is 4.77. The molecule has 0 spiro atoms. The first kappa shape index (κ1) is 29.9. The first-order valence-electron chi connectivity index (χ1n) is 13.3. The van der Waals surface area contributed by atoms with E-state index in [4.69, 9.17) is 9.16 Å². The molecular formula is C31H35IN2O5Si. The van der Waals surface area contributed by atoms with Gasteiger partial charge in [0, 0.05) is 12.8 Å². The fourth-order valence-electron chi connectivity index (χ4n) is 5.16. The van der Waals surface area contributed by atoms with Gasteiger partial charge in [-0.2, -0.15) is 0 Å². The number of likely N-dealkylation sites (tertiary alicyclic amines) is 1. The molecule has 1 N–H and O–H groups in total. The Hall–Kier alpha value is -3.02. The van der Waals surface area contributed by atoms with Crippen molar-refractivity contribution in [3.8, 4) is 0 Å². The van der Waals surface area contributed by atoms with Crippen LogP contribution in [0, 0.1) is 0 Å². The van der Waals surface area contributed by atoms with Crippen LogP contribution in [0.5, 0.6) is 0 Å². The lowest BCUT2D eigenvalue weighted by Gasteiger charge is -2.44. The van der Waals surface area contributed by atoms with Gasteiger partial charge in [0.15, 0.2) is 0 Å². The molecule has 0 aliphatic carbocycles. The number of benzene rings is 3. The largest absolute Gasteiger partial charge is 0.445 e. The zero-order chi connectivity index (χ0) is 28.8. The molecule has 1 fully saturated rings. The Morgan fingerprint density at radius 2 is 1.35 bits per heavy atom. The number of imide groups is 1. The lowest BCUT2D eigenvalue weighted by molar-refractivity contribution is -0.141. The highest BCUT2D eigenvalue weighted by Crippen LogP contribution is 2.37. The maximum Gasteiger partial charge on any atom is 0.409 e. The van der Waals surface area contributed by atoms with Crippen molar-refractivity contribution < 1.29 is 23.5 Å². The molecule has 0 aromatic heterocycles. The monoisotopic (exact) mass is 670 g/mol. The topological polar surface area (TPSA) is 84.9 Å². The van der Waals surface area contributed by atoms with Crippen LogP contribution in [0.15, 0.2) is 91.0 Å². The number of alkyl carbamates (subject to hydrolysis) is 1. The quantitative estimate of drug-likeness (QED) is 0.146. The molecule has 1 aliphatic rings. The summed E-state index contributed by atoms with van der Waals surface area (Å²) >= 11 is 2.17. The maximum atomic E-state index is 12.9. The van der Waals surface area contributed by atoms with Crippen LogP contribution in [0.1, 0.15) is 39.2 Å². The number of hydrogen-bond acceptors (Lipinski definition) is 5. The molecule has 3 amide bonds. The Morgan fingerprint density at radius 1 is 0.875 bits per heavy atom. The Labute approximate surface area is 250 Å². The van der Waals surface area contributed by atoms with Gasteiger partial charge in [0.1, 0.15) is 12.8 Å². The first-order chi connectivity index (χ1) is 19.1. The Kier molecular flexibility index (Phi) is 9.80. The van der Waals surface area contributed by atoms with Crippen molar-refractivity contribution in [2.75, 3.05) is 6.61 Å². The van der Waals surface area contributed by atoms with E-state index in [-0.39, 0.29) is 42.9 Å².